The van der Waals surface area contributed by atoms with Crippen LogP contribution >= 0.6 is 0 Å². The van der Waals surface area contributed by atoms with Gasteiger partial charge in [0.15, 0.2) is 0 Å². The quantitative estimate of drug-likeness (QED) is 0.786. The number of benzene rings is 1. The number of rotatable bonds is 8. The maximum Gasteiger partial charge on any atom is 0.261 e. The van der Waals surface area contributed by atoms with Crippen LogP contribution in [0.4, 0.5) is 0 Å². The average Bonchev–Trinajstić information content (AvgIpc) is 2.58. The molecule has 0 bridgehead atoms. The molecule has 0 fully saturated rings. The molecule has 0 saturated carbocycles. The van der Waals surface area contributed by atoms with Crippen LogP contribution in [0, 0.1) is 6.92 Å². The molecule has 0 saturated heterocycles. The van der Waals surface area contributed by atoms with E-state index in [0.717, 1.165) is 17.6 Å². The van der Waals surface area contributed by atoms with Crippen molar-refractivity contribution in [2.24, 2.45) is 0 Å². The molecule has 0 aliphatic rings. The Balaban J connectivity index is 1.91. The molecule has 2 aromatic rings. The largest absolute Gasteiger partial charge is 0.355 e. The molecule has 0 aliphatic carbocycles. The average molecular weight is 358 g/mol. The highest BCUT2D eigenvalue weighted by Crippen LogP contribution is 2.11. The number of hydrogen-bond donors (Lipinski definition) is 1. The monoisotopic (exact) mass is 358 g/mol. The molecule has 0 aliphatic heterocycles. The van der Waals surface area contributed by atoms with E-state index in [-0.39, 0.29) is 17.9 Å². The van der Waals surface area contributed by atoms with E-state index in [4.69, 9.17) is 0 Å². The Bertz CT molecular complexity index is 803. The van der Waals surface area contributed by atoms with Crippen LogP contribution in [-0.2, 0) is 11.3 Å². The van der Waals surface area contributed by atoms with Crippen LogP contribution in [0.2, 0.25) is 0 Å². The second-order valence-corrected chi connectivity index (χ2v) is 7.24. The molecule has 1 aromatic heterocycles. The Hall–Kier alpha value is -2.21. The van der Waals surface area contributed by atoms with E-state index in [0.29, 0.717) is 30.6 Å². The van der Waals surface area contributed by atoms with Crippen LogP contribution in [0.5, 0.6) is 0 Å². The van der Waals surface area contributed by atoms with Crippen molar-refractivity contribution in [1.29, 1.82) is 0 Å². The highest BCUT2D eigenvalue weighted by Gasteiger charge is 2.13. The van der Waals surface area contributed by atoms with Gasteiger partial charge in [0.1, 0.15) is 0 Å². The summed E-state index contributed by atoms with van der Waals surface area (Å²) in [5.41, 5.74) is 1.60. The number of amides is 1. The highest BCUT2D eigenvalue weighted by atomic mass is 16.1. The fourth-order valence-electron chi connectivity index (χ4n) is 3.24. The molecule has 6 heteroatoms. The first-order chi connectivity index (χ1) is 12.3. The third kappa shape index (κ3) is 4.91. The molecule has 1 amide bonds. The van der Waals surface area contributed by atoms with Gasteiger partial charge in [0.25, 0.3) is 5.56 Å². The van der Waals surface area contributed by atoms with E-state index < -0.39 is 0 Å². The van der Waals surface area contributed by atoms with Gasteiger partial charge in [0, 0.05) is 38.1 Å². The van der Waals surface area contributed by atoms with E-state index in [9.17, 15) is 9.59 Å². The first kappa shape index (κ1) is 20.1. The van der Waals surface area contributed by atoms with Gasteiger partial charge in [-0.1, -0.05) is 12.1 Å². The summed E-state index contributed by atoms with van der Waals surface area (Å²) in [5.74, 6) is -0.0475. The van der Waals surface area contributed by atoms with Crippen molar-refractivity contribution in [1.82, 2.24) is 19.8 Å². The van der Waals surface area contributed by atoms with Crippen LogP contribution in [0.3, 0.4) is 0 Å². The van der Waals surface area contributed by atoms with Gasteiger partial charge in [-0.05, 0) is 46.2 Å². The van der Waals surface area contributed by atoms with Gasteiger partial charge in [-0.3, -0.25) is 19.1 Å². The summed E-state index contributed by atoms with van der Waals surface area (Å²) in [6, 6.07) is 6.45. The molecule has 0 spiro atoms. The number of aromatic nitrogens is 2. The summed E-state index contributed by atoms with van der Waals surface area (Å²) < 4.78 is 1.51. The van der Waals surface area contributed by atoms with Gasteiger partial charge < -0.3 is 5.32 Å². The van der Waals surface area contributed by atoms with Crippen molar-refractivity contribution in [2.45, 2.75) is 59.7 Å². The third-order valence-electron chi connectivity index (χ3n) is 4.65. The van der Waals surface area contributed by atoms with Crippen LogP contribution in [0.25, 0.3) is 10.9 Å². The molecule has 0 unspecified atom stereocenters. The number of nitrogens with zero attached hydrogens (tertiary/aromatic N) is 3. The SMILES string of the molecule is Cc1cccc2c(=O)n(CCC(=O)NCCN(C(C)C)C(C)C)cnc12. The molecule has 0 radical (unpaired) electrons. The van der Waals surface area contributed by atoms with E-state index in [1.807, 2.05) is 19.1 Å². The van der Waals surface area contributed by atoms with E-state index in [1.165, 1.54) is 10.9 Å². The number of fused-ring (bicyclic) bond motifs is 1. The Morgan fingerprint density at radius 3 is 2.58 bits per heavy atom. The molecule has 6 nitrogen and oxygen atoms in total. The standard InChI is InChI=1S/C20H30N4O2/c1-14(2)24(15(3)4)12-10-21-18(25)9-11-23-13-22-19-16(5)7-6-8-17(19)20(23)26/h6-8,13-15H,9-12H2,1-5H3,(H,21,25). The van der Waals surface area contributed by atoms with E-state index in [1.54, 1.807) is 6.07 Å². The fourth-order valence-corrected chi connectivity index (χ4v) is 3.24. The number of hydrogen-bond acceptors (Lipinski definition) is 4. The Kier molecular flexibility index (Phi) is 6.91. The molecule has 1 heterocycles. The zero-order valence-corrected chi connectivity index (χ0v) is 16.5. The lowest BCUT2D eigenvalue weighted by atomic mass is 10.1. The molecular weight excluding hydrogens is 328 g/mol. The van der Waals surface area contributed by atoms with Crippen LogP contribution < -0.4 is 10.9 Å². The van der Waals surface area contributed by atoms with Crippen LogP contribution in [0.1, 0.15) is 39.7 Å². The minimum absolute atomic E-state index is 0.0475. The highest BCUT2D eigenvalue weighted by molar-refractivity contribution is 5.80. The van der Waals surface area contributed by atoms with Crippen LogP contribution in [-0.4, -0.2) is 45.5 Å². The predicted molar refractivity (Wildman–Crippen MR) is 105 cm³/mol. The fraction of sp³-hybridized carbons (Fsp3) is 0.550. The second-order valence-electron chi connectivity index (χ2n) is 7.24. The van der Waals surface area contributed by atoms with Gasteiger partial charge in [0.05, 0.1) is 17.2 Å². The predicted octanol–water partition coefficient (Wildman–Crippen LogP) is 2.33. The van der Waals surface area contributed by atoms with Crippen molar-refractivity contribution in [3.8, 4) is 0 Å². The van der Waals surface area contributed by atoms with Gasteiger partial charge >= 0.3 is 0 Å². The van der Waals surface area contributed by atoms with Crippen molar-refractivity contribution in [2.75, 3.05) is 13.1 Å². The lowest BCUT2D eigenvalue weighted by Crippen LogP contribution is -2.42. The molecule has 0 atom stereocenters. The van der Waals surface area contributed by atoms with Crippen molar-refractivity contribution in [3.05, 3.63) is 40.4 Å². The summed E-state index contributed by atoms with van der Waals surface area (Å²) in [5, 5.41) is 3.54. The Morgan fingerprint density at radius 2 is 1.92 bits per heavy atom. The van der Waals surface area contributed by atoms with Gasteiger partial charge in [-0.25, -0.2) is 4.98 Å². The zero-order chi connectivity index (χ0) is 19.3. The minimum Gasteiger partial charge on any atom is -0.355 e. The first-order valence-electron chi connectivity index (χ1n) is 9.28. The maximum atomic E-state index is 12.5. The normalized spacial score (nSPS) is 11.7. The number of nitrogens with one attached hydrogen (secondary N) is 1. The van der Waals surface area contributed by atoms with Crippen LogP contribution in [0.15, 0.2) is 29.3 Å². The number of carbonyl (C=O) groups is 1. The molecular formula is C20H30N4O2. The summed E-state index contributed by atoms with van der Waals surface area (Å²) in [6.07, 6.45) is 1.80. The van der Waals surface area contributed by atoms with Crippen molar-refractivity contribution >= 4 is 16.8 Å². The number of aryl methyl sites for hydroxylation is 2. The lowest BCUT2D eigenvalue weighted by molar-refractivity contribution is -0.121. The van der Waals surface area contributed by atoms with Crippen molar-refractivity contribution in [3.63, 3.8) is 0 Å². The van der Waals surface area contributed by atoms with E-state index in [2.05, 4.69) is 42.9 Å². The smallest absolute Gasteiger partial charge is 0.261 e. The Labute approximate surface area is 155 Å². The summed E-state index contributed by atoms with van der Waals surface area (Å²) in [7, 11) is 0. The van der Waals surface area contributed by atoms with E-state index >= 15 is 0 Å². The summed E-state index contributed by atoms with van der Waals surface area (Å²) in [4.78, 5) is 31.3. The first-order valence-corrected chi connectivity index (χ1v) is 9.28. The molecule has 2 rings (SSSR count). The maximum absolute atomic E-state index is 12.5. The number of para-hydroxylation sites is 1. The molecule has 1 N–H and O–H groups in total. The topological polar surface area (TPSA) is 67.2 Å². The third-order valence-corrected chi connectivity index (χ3v) is 4.65. The lowest BCUT2D eigenvalue weighted by Gasteiger charge is -2.30. The summed E-state index contributed by atoms with van der Waals surface area (Å²) in [6.45, 7) is 12.3. The minimum atomic E-state index is -0.0997. The Morgan fingerprint density at radius 1 is 1.23 bits per heavy atom. The molecule has 1 aromatic carbocycles. The van der Waals surface area contributed by atoms with Crippen molar-refractivity contribution < 1.29 is 4.79 Å². The molecule has 26 heavy (non-hydrogen) atoms. The van der Waals surface area contributed by atoms with Gasteiger partial charge in [-0.15, -0.1) is 0 Å². The zero-order valence-electron chi connectivity index (χ0n) is 16.5. The number of carbonyl (C=O) groups excluding carboxylic acids is 1. The van der Waals surface area contributed by atoms with Gasteiger partial charge in [0.2, 0.25) is 5.91 Å². The summed E-state index contributed by atoms with van der Waals surface area (Å²) >= 11 is 0. The van der Waals surface area contributed by atoms with Gasteiger partial charge in [-0.2, -0.15) is 0 Å². The second kappa shape index (κ2) is 8.94. The molecule has 142 valence electrons.